The van der Waals surface area contributed by atoms with Crippen LogP contribution in [-0.2, 0) is 5.54 Å². The number of fused-ring (bicyclic) bond motifs is 1. The molecule has 82 valence electrons. The Morgan fingerprint density at radius 3 is 2.81 bits per heavy atom. The summed E-state index contributed by atoms with van der Waals surface area (Å²) in [6, 6.07) is 0. The number of rotatable bonds is 1. The van der Waals surface area contributed by atoms with Gasteiger partial charge in [-0.15, -0.1) is 0 Å². The van der Waals surface area contributed by atoms with Crippen molar-refractivity contribution in [1.82, 2.24) is 14.5 Å². The van der Waals surface area contributed by atoms with E-state index in [-0.39, 0.29) is 0 Å². The zero-order valence-corrected chi connectivity index (χ0v) is 11.4. The van der Waals surface area contributed by atoms with Crippen molar-refractivity contribution in [3.05, 3.63) is 21.2 Å². The minimum Gasteiger partial charge on any atom is -0.325 e. The molecule has 3 aliphatic rings. The van der Waals surface area contributed by atoms with Gasteiger partial charge in [0.15, 0.2) is 0 Å². The van der Waals surface area contributed by atoms with E-state index in [1.165, 1.54) is 22.8 Å². The molecule has 2 heterocycles. The molecule has 5 heteroatoms. The molecule has 0 radical (unpaired) electrons. The van der Waals surface area contributed by atoms with Crippen LogP contribution in [0, 0.1) is 9.49 Å². The Hall–Kier alpha value is -0.360. The van der Waals surface area contributed by atoms with Gasteiger partial charge in [-0.05, 0) is 59.4 Å². The third kappa shape index (κ3) is 1.05. The Morgan fingerprint density at radius 1 is 1.44 bits per heavy atom. The zero-order valence-electron chi connectivity index (χ0n) is 8.45. The highest BCUT2D eigenvalue weighted by Gasteiger charge is 2.58. The van der Waals surface area contributed by atoms with Crippen molar-refractivity contribution in [3.63, 3.8) is 0 Å². The highest BCUT2D eigenvalue weighted by molar-refractivity contribution is 14.1. The predicted octanol–water partition coefficient (Wildman–Crippen LogP) is 3.20. The molecule has 0 aromatic carbocycles. The molecule has 0 atom stereocenters. The first-order valence-corrected chi connectivity index (χ1v) is 6.83. The van der Waals surface area contributed by atoms with E-state index < -0.39 is 0 Å². The number of nitrogens with zero attached hydrogens (tertiary/aromatic N) is 3. The van der Waals surface area contributed by atoms with Gasteiger partial charge in [0.1, 0.15) is 5.65 Å². The monoisotopic (exact) mass is 345 g/mol. The second kappa shape index (κ2) is 2.90. The first kappa shape index (κ1) is 9.65. The highest BCUT2D eigenvalue weighted by Crippen LogP contribution is 2.63. The van der Waals surface area contributed by atoms with Gasteiger partial charge in [-0.1, -0.05) is 0 Å². The second-order valence-electron chi connectivity index (χ2n) is 4.93. The van der Waals surface area contributed by atoms with Crippen molar-refractivity contribution in [1.29, 1.82) is 0 Å². The third-order valence-electron chi connectivity index (χ3n) is 3.98. The lowest BCUT2D eigenvalue weighted by Gasteiger charge is -2.62. The molecule has 16 heavy (non-hydrogen) atoms. The lowest BCUT2D eigenvalue weighted by atomic mass is 9.49. The summed E-state index contributed by atoms with van der Waals surface area (Å²) >= 11 is 8.23. The maximum atomic E-state index is 5.89. The van der Waals surface area contributed by atoms with E-state index in [9.17, 15) is 0 Å². The van der Waals surface area contributed by atoms with Crippen LogP contribution in [0.4, 0.5) is 0 Å². The average molecular weight is 346 g/mol. The van der Waals surface area contributed by atoms with Gasteiger partial charge >= 0.3 is 0 Å². The molecule has 2 aromatic heterocycles. The van der Waals surface area contributed by atoms with Crippen LogP contribution >= 0.6 is 34.2 Å². The van der Waals surface area contributed by atoms with Gasteiger partial charge in [0.05, 0.1) is 5.39 Å². The van der Waals surface area contributed by atoms with Gasteiger partial charge in [-0.2, -0.15) is 4.98 Å². The van der Waals surface area contributed by atoms with Gasteiger partial charge in [0.2, 0.25) is 5.28 Å². The summed E-state index contributed by atoms with van der Waals surface area (Å²) in [5, 5.41) is 1.46. The molecule has 2 bridgehead atoms. The molecule has 3 saturated carbocycles. The molecule has 0 saturated heterocycles. The number of aromatic nitrogens is 3. The molecule has 3 nitrogen and oxygen atoms in total. The van der Waals surface area contributed by atoms with Crippen molar-refractivity contribution in [3.8, 4) is 0 Å². The second-order valence-corrected chi connectivity index (χ2v) is 6.43. The number of hydrogen-bond donors (Lipinski definition) is 0. The molecule has 0 aliphatic heterocycles. The summed E-state index contributed by atoms with van der Waals surface area (Å²) in [7, 11) is 0. The Morgan fingerprint density at radius 2 is 2.19 bits per heavy atom. The molecule has 3 fully saturated rings. The van der Waals surface area contributed by atoms with Gasteiger partial charge in [0.25, 0.3) is 0 Å². The van der Waals surface area contributed by atoms with Crippen LogP contribution in [-0.4, -0.2) is 14.5 Å². The Kier molecular flexibility index (Phi) is 1.75. The van der Waals surface area contributed by atoms with E-state index in [1.54, 1.807) is 0 Å². The molecule has 0 N–H and O–H groups in total. The van der Waals surface area contributed by atoms with Gasteiger partial charge < -0.3 is 4.57 Å². The van der Waals surface area contributed by atoms with Gasteiger partial charge in [-0.25, -0.2) is 4.98 Å². The molecule has 0 unspecified atom stereocenters. The van der Waals surface area contributed by atoms with Crippen LogP contribution in [0.3, 0.4) is 0 Å². The summed E-state index contributed by atoms with van der Waals surface area (Å²) < 4.78 is 3.55. The standard InChI is InChI=1S/C11H9ClIN3/c12-10-14-4-7-8(13)5-16(9(7)15-10)11-1-6(2-11)3-11/h4-6H,1-3H2. The molecule has 2 aromatic rings. The Balaban J connectivity index is 2.01. The summed E-state index contributed by atoms with van der Waals surface area (Å²) in [6.07, 6.45) is 7.97. The summed E-state index contributed by atoms with van der Waals surface area (Å²) in [4.78, 5) is 8.44. The van der Waals surface area contributed by atoms with Crippen molar-refractivity contribution < 1.29 is 0 Å². The lowest BCUT2D eigenvalue weighted by Crippen LogP contribution is -2.59. The first-order valence-electron chi connectivity index (χ1n) is 5.38. The average Bonchev–Trinajstić information content (AvgIpc) is 2.39. The molecule has 0 amide bonds. The normalized spacial score (nSPS) is 31.2. The Bertz CT molecular complexity index is 590. The quantitative estimate of drug-likeness (QED) is 0.587. The minimum atomic E-state index is 0.342. The maximum absolute atomic E-state index is 5.89. The van der Waals surface area contributed by atoms with Crippen LogP contribution in [0.2, 0.25) is 5.28 Å². The predicted molar refractivity (Wildman–Crippen MR) is 70.6 cm³/mol. The molecular weight excluding hydrogens is 336 g/mol. The van der Waals surface area contributed by atoms with E-state index in [0.717, 1.165) is 17.0 Å². The summed E-state index contributed by atoms with van der Waals surface area (Å²) in [5.41, 5.74) is 1.37. The van der Waals surface area contributed by atoms with E-state index in [2.05, 4.69) is 43.3 Å². The van der Waals surface area contributed by atoms with Crippen molar-refractivity contribution >= 4 is 45.2 Å². The number of hydrogen-bond acceptors (Lipinski definition) is 2. The highest BCUT2D eigenvalue weighted by atomic mass is 127. The maximum Gasteiger partial charge on any atom is 0.224 e. The van der Waals surface area contributed by atoms with E-state index in [1.807, 2.05) is 6.20 Å². The van der Waals surface area contributed by atoms with Gasteiger partial charge in [-0.3, -0.25) is 0 Å². The largest absolute Gasteiger partial charge is 0.325 e. The smallest absolute Gasteiger partial charge is 0.224 e. The first-order chi connectivity index (χ1) is 7.68. The fourth-order valence-corrected chi connectivity index (χ4v) is 3.83. The number of halogens is 2. The van der Waals surface area contributed by atoms with Crippen molar-refractivity contribution in [2.45, 2.75) is 24.8 Å². The van der Waals surface area contributed by atoms with Crippen molar-refractivity contribution in [2.24, 2.45) is 5.92 Å². The van der Waals surface area contributed by atoms with Crippen molar-refractivity contribution in [2.75, 3.05) is 0 Å². The fraction of sp³-hybridized carbons (Fsp3) is 0.455. The zero-order chi connectivity index (χ0) is 10.9. The Labute approximate surface area is 111 Å². The minimum absolute atomic E-state index is 0.342. The third-order valence-corrected chi connectivity index (χ3v) is 5.03. The van der Waals surface area contributed by atoms with Crippen LogP contribution in [0.15, 0.2) is 12.4 Å². The van der Waals surface area contributed by atoms with E-state index in [0.29, 0.717) is 10.8 Å². The molecular formula is C11H9ClIN3. The molecule has 0 spiro atoms. The van der Waals surface area contributed by atoms with E-state index >= 15 is 0 Å². The molecule has 3 aliphatic carbocycles. The fourth-order valence-electron chi connectivity index (χ4n) is 3.04. The van der Waals surface area contributed by atoms with Crippen LogP contribution in [0.25, 0.3) is 11.0 Å². The summed E-state index contributed by atoms with van der Waals surface area (Å²) in [5.74, 6) is 0.965. The SMILES string of the molecule is Clc1ncc2c(I)cn(C34CC(C3)C4)c2n1. The summed E-state index contributed by atoms with van der Waals surface area (Å²) in [6.45, 7) is 0. The van der Waals surface area contributed by atoms with Gasteiger partial charge in [0, 0.05) is 21.5 Å². The topological polar surface area (TPSA) is 30.7 Å². The van der Waals surface area contributed by atoms with Crippen LogP contribution in [0.1, 0.15) is 19.3 Å². The lowest BCUT2D eigenvalue weighted by molar-refractivity contribution is -0.0859. The van der Waals surface area contributed by atoms with Crippen LogP contribution in [0.5, 0.6) is 0 Å². The van der Waals surface area contributed by atoms with E-state index in [4.69, 9.17) is 11.6 Å². The van der Waals surface area contributed by atoms with Crippen LogP contribution < -0.4 is 0 Å². The molecule has 5 rings (SSSR count).